The van der Waals surface area contributed by atoms with Gasteiger partial charge >= 0.3 is 0 Å². The van der Waals surface area contributed by atoms with E-state index in [1.807, 2.05) is 0 Å². The molecule has 0 aromatic heterocycles. The summed E-state index contributed by atoms with van der Waals surface area (Å²) in [6.45, 7) is 14.1. The van der Waals surface area contributed by atoms with Crippen molar-refractivity contribution in [2.24, 2.45) is 5.41 Å². The molecule has 0 radical (unpaired) electrons. The zero-order chi connectivity index (χ0) is 19.6. The molecular formula is C25H43I. The molecule has 0 saturated carbocycles. The molecule has 1 heteroatoms. The van der Waals surface area contributed by atoms with E-state index in [4.69, 9.17) is 0 Å². The van der Waals surface area contributed by atoms with E-state index in [0.717, 1.165) is 0 Å². The fourth-order valence-electron chi connectivity index (χ4n) is 3.47. The van der Waals surface area contributed by atoms with E-state index in [0.29, 0.717) is 8.84 Å². The lowest BCUT2D eigenvalue weighted by atomic mass is 9.84. The third kappa shape index (κ3) is 10.9. The highest BCUT2D eigenvalue weighted by molar-refractivity contribution is 14.1. The second-order valence-corrected chi connectivity index (χ2v) is 12.5. The zero-order valence-corrected chi connectivity index (χ0v) is 20.5. The van der Waals surface area contributed by atoms with E-state index in [-0.39, 0.29) is 0 Å². The summed E-state index contributed by atoms with van der Waals surface area (Å²) in [5, 5.41) is 0. The molecule has 0 atom stereocenters. The Labute approximate surface area is 178 Å². The van der Waals surface area contributed by atoms with Gasteiger partial charge in [0, 0.05) is 3.42 Å². The Morgan fingerprint density at radius 3 is 2.04 bits per heavy atom. The molecule has 150 valence electrons. The van der Waals surface area contributed by atoms with E-state index < -0.39 is 0 Å². The molecule has 0 aliphatic carbocycles. The molecule has 0 unspecified atom stereocenters. The molecule has 0 nitrogen and oxygen atoms in total. The minimum atomic E-state index is 0.458. The summed E-state index contributed by atoms with van der Waals surface area (Å²) in [5.41, 5.74) is 5.15. The maximum atomic E-state index is 2.57. The predicted octanol–water partition coefficient (Wildman–Crippen LogP) is 8.85. The van der Waals surface area contributed by atoms with Crippen LogP contribution in [0.15, 0.2) is 18.2 Å². The molecule has 26 heavy (non-hydrogen) atoms. The van der Waals surface area contributed by atoms with Gasteiger partial charge in [-0.05, 0) is 67.6 Å². The van der Waals surface area contributed by atoms with Crippen LogP contribution in [0, 0.1) is 12.3 Å². The van der Waals surface area contributed by atoms with Crippen LogP contribution in [0.25, 0.3) is 0 Å². The van der Waals surface area contributed by atoms with E-state index in [2.05, 4.69) is 82.3 Å². The third-order valence-electron chi connectivity index (χ3n) is 5.91. The highest BCUT2D eigenvalue weighted by atomic mass is 127. The first kappa shape index (κ1) is 24.0. The van der Waals surface area contributed by atoms with Crippen molar-refractivity contribution < 1.29 is 0 Å². The average molecular weight is 471 g/mol. The first-order chi connectivity index (χ1) is 12.1. The normalized spacial score (nSPS) is 12.6. The largest absolute Gasteiger partial charge is 0.0795 e. The fourth-order valence-corrected chi connectivity index (χ4v) is 3.85. The van der Waals surface area contributed by atoms with Crippen LogP contribution in [-0.2, 0) is 12.8 Å². The van der Waals surface area contributed by atoms with Crippen molar-refractivity contribution in [3.05, 3.63) is 34.9 Å². The monoisotopic (exact) mass is 470 g/mol. The van der Waals surface area contributed by atoms with Crippen LogP contribution < -0.4 is 0 Å². The van der Waals surface area contributed by atoms with Gasteiger partial charge in [-0.15, -0.1) is 0 Å². The highest BCUT2D eigenvalue weighted by Gasteiger charge is 2.14. The van der Waals surface area contributed by atoms with E-state index in [1.54, 1.807) is 11.1 Å². The minimum Gasteiger partial charge on any atom is -0.0795 e. The van der Waals surface area contributed by atoms with Crippen LogP contribution in [0.2, 0.25) is 0 Å². The van der Waals surface area contributed by atoms with Gasteiger partial charge in [0.2, 0.25) is 0 Å². The third-order valence-corrected chi connectivity index (χ3v) is 6.45. The lowest BCUT2D eigenvalue weighted by Gasteiger charge is -2.22. The van der Waals surface area contributed by atoms with Crippen molar-refractivity contribution >= 4 is 22.6 Å². The molecule has 0 amide bonds. The van der Waals surface area contributed by atoms with Crippen molar-refractivity contribution in [2.75, 3.05) is 0 Å². The molecule has 1 rings (SSSR count). The summed E-state index contributed by atoms with van der Waals surface area (Å²) < 4.78 is 0.458. The van der Waals surface area contributed by atoms with Crippen molar-refractivity contribution in [3.8, 4) is 0 Å². The fraction of sp³-hybridized carbons (Fsp3) is 0.760. The molecule has 0 aliphatic rings. The molecule has 0 heterocycles. The number of rotatable bonds is 13. The summed E-state index contributed by atoms with van der Waals surface area (Å²) in [4.78, 5) is 0. The number of hydrogen-bond acceptors (Lipinski definition) is 0. The van der Waals surface area contributed by atoms with Gasteiger partial charge in [-0.2, -0.15) is 0 Å². The summed E-state index contributed by atoms with van der Waals surface area (Å²) in [6, 6.07) is 7.19. The molecule has 0 spiro atoms. The van der Waals surface area contributed by atoms with Crippen LogP contribution in [-0.4, -0.2) is 3.42 Å². The van der Waals surface area contributed by atoms with Gasteiger partial charge in [-0.3, -0.25) is 0 Å². The SMILES string of the molecule is CCC(C)(C)CCCCCc1ccc(C)c(CCCCCC(C)(C)I)c1. The molecule has 0 N–H and O–H groups in total. The van der Waals surface area contributed by atoms with Gasteiger partial charge in [0.25, 0.3) is 0 Å². The van der Waals surface area contributed by atoms with Gasteiger partial charge in [0.1, 0.15) is 0 Å². The van der Waals surface area contributed by atoms with Gasteiger partial charge in [-0.25, -0.2) is 0 Å². The van der Waals surface area contributed by atoms with Crippen molar-refractivity contribution in [2.45, 2.75) is 116 Å². The average Bonchev–Trinajstić information content (AvgIpc) is 2.55. The molecule has 1 aromatic rings. The first-order valence-corrected chi connectivity index (χ1v) is 12.0. The van der Waals surface area contributed by atoms with E-state index >= 15 is 0 Å². The smallest absolute Gasteiger partial charge is 0.0166 e. The Balaban J connectivity index is 2.32. The van der Waals surface area contributed by atoms with E-state index in [9.17, 15) is 0 Å². The highest BCUT2D eigenvalue weighted by Crippen LogP contribution is 2.27. The Bertz CT molecular complexity index is 507. The summed E-state index contributed by atoms with van der Waals surface area (Å²) in [7, 11) is 0. The summed E-state index contributed by atoms with van der Waals surface area (Å²) in [5.74, 6) is 0. The van der Waals surface area contributed by atoms with Gasteiger partial charge in [0.15, 0.2) is 0 Å². The Kier molecular flexibility index (Phi) is 10.8. The van der Waals surface area contributed by atoms with Gasteiger partial charge in [0.05, 0.1) is 0 Å². The predicted molar refractivity (Wildman–Crippen MR) is 128 cm³/mol. The number of halogens is 1. The number of benzene rings is 1. The van der Waals surface area contributed by atoms with Gasteiger partial charge < -0.3 is 0 Å². The Morgan fingerprint density at radius 1 is 0.808 bits per heavy atom. The first-order valence-electron chi connectivity index (χ1n) is 10.9. The standard InChI is InChI=1S/C25H43I/c1-7-24(3,4)18-12-8-10-14-22-17-16-21(2)23(20-22)15-11-9-13-19-25(5,6)26/h16-17,20H,7-15,18-19H2,1-6H3. The number of unbranched alkanes of at least 4 members (excludes halogenated alkanes) is 4. The maximum Gasteiger partial charge on any atom is 0.0166 e. The molecule has 0 aliphatic heterocycles. The lowest BCUT2D eigenvalue weighted by molar-refractivity contribution is 0.308. The van der Waals surface area contributed by atoms with Crippen LogP contribution in [0.5, 0.6) is 0 Å². The molecule has 0 saturated heterocycles. The number of hydrogen-bond donors (Lipinski definition) is 0. The number of alkyl halides is 1. The van der Waals surface area contributed by atoms with Crippen molar-refractivity contribution in [1.29, 1.82) is 0 Å². The zero-order valence-electron chi connectivity index (χ0n) is 18.4. The molecule has 0 fully saturated rings. The summed E-state index contributed by atoms with van der Waals surface area (Å²) in [6.07, 6.45) is 14.7. The topological polar surface area (TPSA) is 0 Å². The van der Waals surface area contributed by atoms with Crippen molar-refractivity contribution in [3.63, 3.8) is 0 Å². The lowest BCUT2D eigenvalue weighted by Crippen LogP contribution is -2.08. The van der Waals surface area contributed by atoms with Crippen LogP contribution in [0.1, 0.15) is 109 Å². The van der Waals surface area contributed by atoms with Crippen molar-refractivity contribution in [1.82, 2.24) is 0 Å². The van der Waals surface area contributed by atoms with Crippen LogP contribution in [0.3, 0.4) is 0 Å². The van der Waals surface area contributed by atoms with Crippen LogP contribution >= 0.6 is 22.6 Å². The Morgan fingerprint density at radius 2 is 1.42 bits per heavy atom. The van der Waals surface area contributed by atoms with Gasteiger partial charge in [-0.1, -0.05) is 108 Å². The van der Waals surface area contributed by atoms with E-state index in [1.165, 1.54) is 76.2 Å². The maximum absolute atomic E-state index is 2.57. The van der Waals surface area contributed by atoms with Crippen LogP contribution in [0.4, 0.5) is 0 Å². The Hall–Kier alpha value is -0.0500. The summed E-state index contributed by atoms with van der Waals surface area (Å²) >= 11 is 2.57. The second-order valence-electron chi connectivity index (χ2n) is 9.62. The molecule has 0 bridgehead atoms. The molecule has 1 aromatic carbocycles. The second kappa shape index (κ2) is 11.7. The number of aryl methyl sites for hydroxylation is 3. The minimum absolute atomic E-state index is 0.458. The quantitative estimate of drug-likeness (QED) is 0.153. The molecular weight excluding hydrogens is 427 g/mol.